The second-order valence-electron chi connectivity index (χ2n) is 7.83. The van der Waals surface area contributed by atoms with Gasteiger partial charge < -0.3 is 19.8 Å². The van der Waals surface area contributed by atoms with Gasteiger partial charge in [0.2, 0.25) is 11.8 Å². The number of ether oxygens (including phenoxy) is 1. The maximum Gasteiger partial charge on any atom is 0.339 e. The van der Waals surface area contributed by atoms with Crippen molar-refractivity contribution < 1.29 is 18.7 Å². The highest BCUT2D eigenvalue weighted by Crippen LogP contribution is 2.25. The molecule has 2 N–H and O–H groups in total. The fourth-order valence-corrected chi connectivity index (χ4v) is 4.01. The normalized spacial score (nSPS) is 14.5. The molecule has 1 fully saturated rings. The van der Waals surface area contributed by atoms with E-state index in [9.17, 15) is 14.4 Å². The van der Waals surface area contributed by atoms with E-state index in [1.807, 2.05) is 19.1 Å². The van der Waals surface area contributed by atoms with Gasteiger partial charge in [-0.1, -0.05) is 19.3 Å². The Labute approximate surface area is 176 Å². The van der Waals surface area contributed by atoms with E-state index < -0.39 is 5.63 Å². The van der Waals surface area contributed by atoms with Crippen LogP contribution in [0.15, 0.2) is 27.4 Å². The third kappa shape index (κ3) is 5.40. The Kier molecular flexibility index (Phi) is 7.49. The van der Waals surface area contributed by atoms with Gasteiger partial charge in [0.05, 0.1) is 7.11 Å². The van der Waals surface area contributed by atoms with Crippen LogP contribution in [-0.4, -0.2) is 32.0 Å². The van der Waals surface area contributed by atoms with E-state index >= 15 is 0 Å². The number of hydrogen-bond donors (Lipinski definition) is 2. The molecule has 2 aromatic rings. The molecule has 1 aliphatic carbocycles. The van der Waals surface area contributed by atoms with Crippen molar-refractivity contribution in [1.29, 1.82) is 0 Å². The predicted octanol–water partition coefficient (Wildman–Crippen LogP) is 2.86. The number of rotatable bonds is 8. The number of nitrogens with one attached hydrogen (secondary N) is 2. The Bertz CT molecular complexity index is 960. The summed E-state index contributed by atoms with van der Waals surface area (Å²) in [7, 11) is 1.56. The number of fused-ring (bicyclic) bond motifs is 1. The largest absolute Gasteiger partial charge is 0.497 e. The van der Waals surface area contributed by atoms with Crippen molar-refractivity contribution in [1.82, 2.24) is 10.6 Å². The van der Waals surface area contributed by atoms with E-state index in [-0.39, 0.29) is 24.2 Å². The quantitative estimate of drug-likeness (QED) is 0.511. The third-order valence-corrected chi connectivity index (χ3v) is 5.82. The average Bonchev–Trinajstić information content (AvgIpc) is 2.76. The van der Waals surface area contributed by atoms with Crippen molar-refractivity contribution in [3.8, 4) is 5.75 Å². The van der Waals surface area contributed by atoms with Crippen molar-refractivity contribution >= 4 is 22.8 Å². The molecule has 0 spiro atoms. The molecular formula is C23H30N2O5. The zero-order valence-corrected chi connectivity index (χ0v) is 17.7. The lowest BCUT2D eigenvalue weighted by atomic mass is 9.89. The molecule has 1 heterocycles. The topological polar surface area (TPSA) is 97.6 Å². The van der Waals surface area contributed by atoms with Crippen molar-refractivity contribution in [2.24, 2.45) is 5.92 Å². The lowest BCUT2D eigenvalue weighted by molar-refractivity contribution is -0.126. The molecule has 0 aliphatic heterocycles. The molecule has 7 heteroatoms. The minimum atomic E-state index is -0.430. The van der Waals surface area contributed by atoms with Gasteiger partial charge in [-0.3, -0.25) is 9.59 Å². The zero-order valence-electron chi connectivity index (χ0n) is 17.7. The van der Waals surface area contributed by atoms with Gasteiger partial charge in [-0.2, -0.15) is 0 Å². The highest BCUT2D eigenvalue weighted by atomic mass is 16.5. The van der Waals surface area contributed by atoms with Gasteiger partial charge >= 0.3 is 5.63 Å². The molecule has 0 unspecified atom stereocenters. The maximum absolute atomic E-state index is 12.4. The van der Waals surface area contributed by atoms with Crippen LogP contribution < -0.4 is 21.0 Å². The molecule has 1 aromatic heterocycles. The van der Waals surface area contributed by atoms with Gasteiger partial charge in [0, 0.05) is 42.4 Å². The second kappa shape index (κ2) is 10.3. The van der Waals surface area contributed by atoms with Crippen LogP contribution in [0.2, 0.25) is 0 Å². The van der Waals surface area contributed by atoms with Crippen LogP contribution >= 0.6 is 0 Å². The summed E-state index contributed by atoms with van der Waals surface area (Å²) in [6.45, 7) is 2.65. The first-order valence-corrected chi connectivity index (χ1v) is 10.6. The molecule has 1 saturated carbocycles. The maximum atomic E-state index is 12.4. The highest BCUT2D eigenvalue weighted by Gasteiger charge is 2.20. The zero-order chi connectivity index (χ0) is 21.5. The SMILES string of the molecule is COc1ccc2c(C)c(CCC(=O)NCCNC(=O)C3CCCCC3)c(=O)oc2c1. The molecule has 7 nitrogen and oxygen atoms in total. The van der Waals surface area contributed by atoms with E-state index in [1.54, 1.807) is 13.2 Å². The summed E-state index contributed by atoms with van der Waals surface area (Å²) in [6.07, 6.45) is 5.84. The summed E-state index contributed by atoms with van der Waals surface area (Å²) >= 11 is 0. The lowest BCUT2D eigenvalue weighted by Crippen LogP contribution is -2.38. The highest BCUT2D eigenvalue weighted by molar-refractivity contribution is 5.83. The second-order valence-corrected chi connectivity index (χ2v) is 7.83. The molecule has 0 saturated heterocycles. The fourth-order valence-electron chi connectivity index (χ4n) is 4.01. The molecule has 30 heavy (non-hydrogen) atoms. The summed E-state index contributed by atoms with van der Waals surface area (Å²) < 4.78 is 10.6. The van der Waals surface area contributed by atoms with Crippen LogP contribution in [0.1, 0.15) is 49.7 Å². The monoisotopic (exact) mass is 414 g/mol. The van der Waals surface area contributed by atoms with Crippen LogP contribution in [0.3, 0.4) is 0 Å². The summed E-state index contributed by atoms with van der Waals surface area (Å²) in [6, 6.07) is 5.35. The minimum Gasteiger partial charge on any atom is -0.497 e. The Hall–Kier alpha value is -2.83. The van der Waals surface area contributed by atoms with Gasteiger partial charge in [0.15, 0.2) is 0 Å². The fraction of sp³-hybridized carbons (Fsp3) is 0.522. The number of carbonyl (C=O) groups is 2. The van der Waals surface area contributed by atoms with Crippen molar-refractivity contribution in [3.05, 3.63) is 39.7 Å². The standard InChI is InChI=1S/C23H30N2O5/c1-15-18-9-8-17(29-2)14-20(18)30-23(28)19(15)10-11-21(26)24-12-13-25-22(27)16-6-4-3-5-7-16/h8-9,14,16H,3-7,10-13H2,1-2H3,(H,24,26)(H,25,27). The molecule has 1 aliphatic rings. The van der Waals surface area contributed by atoms with Crippen molar-refractivity contribution in [2.75, 3.05) is 20.2 Å². The lowest BCUT2D eigenvalue weighted by Gasteiger charge is -2.20. The smallest absolute Gasteiger partial charge is 0.339 e. The molecule has 2 amide bonds. The molecular weight excluding hydrogens is 384 g/mol. The molecule has 162 valence electrons. The Balaban J connectivity index is 1.48. The first-order chi connectivity index (χ1) is 14.5. The summed E-state index contributed by atoms with van der Waals surface area (Å²) in [5.74, 6) is 0.665. The van der Waals surface area contributed by atoms with E-state index in [2.05, 4.69) is 10.6 Å². The molecule has 3 rings (SSSR count). The van der Waals surface area contributed by atoms with Crippen molar-refractivity contribution in [2.45, 2.75) is 51.9 Å². The number of benzene rings is 1. The summed E-state index contributed by atoms with van der Waals surface area (Å²) in [4.78, 5) is 36.6. The summed E-state index contributed by atoms with van der Waals surface area (Å²) in [5.41, 5.74) is 1.37. The molecule has 0 bridgehead atoms. The predicted molar refractivity (Wildman–Crippen MR) is 115 cm³/mol. The molecule has 0 atom stereocenters. The number of methoxy groups -OCH3 is 1. The Morgan fingerprint density at radius 1 is 1.13 bits per heavy atom. The van der Waals surface area contributed by atoms with Crippen molar-refractivity contribution in [3.63, 3.8) is 0 Å². The van der Waals surface area contributed by atoms with Gasteiger partial charge in [-0.05, 0) is 43.9 Å². The van der Waals surface area contributed by atoms with Crippen LogP contribution in [0, 0.1) is 12.8 Å². The van der Waals surface area contributed by atoms with Crippen LogP contribution in [0.25, 0.3) is 11.0 Å². The van der Waals surface area contributed by atoms with E-state index in [0.29, 0.717) is 36.4 Å². The molecule has 0 radical (unpaired) electrons. The number of hydrogen-bond acceptors (Lipinski definition) is 5. The van der Waals surface area contributed by atoms with Crippen LogP contribution in [0.4, 0.5) is 0 Å². The third-order valence-electron chi connectivity index (χ3n) is 5.82. The number of carbonyl (C=O) groups excluding carboxylic acids is 2. The average molecular weight is 415 g/mol. The van der Waals surface area contributed by atoms with Gasteiger partial charge in [-0.15, -0.1) is 0 Å². The van der Waals surface area contributed by atoms with E-state index in [0.717, 1.165) is 36.6 Å². The van der Waals surface area contributed by atoms with Crippen LogP contribution in [0.5, 0.6) is 5.75 Å². The minimum absolute atomic E-state index is 0.0879. The van der Waals surface area contributed by atoms with Crippen LogP contribution in [-0.2, 0) is 16.0 Å². The molecule has 1 aromatic carbocycles. The number of amides is 2. The first-order valence-electron chi connectivity index (χ1n) is 10.6. The Morgan fingerprint density at radius 2 is 1.87 bits per heavy atom. The Morgan fingerprint density at radius 3 is 2.60 bits per heavy atom. The number of aryl methyl sites for hydroxylation is 1. The first kappa shape index (κ1) is 21.9. The van der Waals surface area contributed by atoms with Gasteiger partial charge in [-0.25, -0.2) is 4.79 Å². The summed E-state index contributed by atoms with van der Waals surface area (Å²) in [5, 5.41) is 6.53. The van der Waals surface area contributed by atoms with Gasteiger partial charge in [0.1, 0.15) is 11.3 Å². The van der Waals surface area contributed by atoms with E-state index in [1.165, 1.54) is 6.42 Å². The van der Waals surface area contributed by atoms with Gasteiger partial charge in [0.25, 0.3) is 0 Å². The van der Waals surface area contributed by atoms with E-state index in [4.69, 9.17) is 9.15 Å².